The number of hydrogen-bond donors (Lipinski definition) is 0. The van der Waals surface area contributed by atoms with E-state index in [1.54, 1.807) is 17.2 Å². The molecule has 2 aliphatic heterocycles. The minimum Gasteiger partial charge on any atom is -0.273 e. The largest absolute Gasteiger partial charge is 0.273 e. The second-order valence-corrected chi connectivity index (χ2v) is 6.22. The highest BCUT2D eigenvalue weighted by atomic mass is 32.1. The second kappa shape index (κ2) is 4.89. The molecule has 1 aromatic heterocycles. The molecule has 108 valence electrons. The van der Waals surface area contributed by atoms with Crippen LogP contribution >= 0.6 is 11.3 Å². The maximum Gasteiger partial charge on any atom is 0.247 e. The van der Waals surface area contributed by atoms with E-state index in [-0.39, 0.29) is 23.9 Å². The summed E-state index contributed by atoms with van der Waals surface area (Å²) in [4.78, 5) is 20.9. The van der Waals surface area contributed by atoms with E-state index >= 15 is 0 Å². The van der Waals surface area contributed by atoms with E-state index in [1.165, 1.54) is 23.5 Å². The molecule has 0 radical (unpaired) electrons. The summed E-state index contributed by atoms with van der Waals surface area (Å²) < 4.78 is 13.6. The van der Waals surface area contributed by atoms with Gasteiger partial charge in [-0.3, -0.25) is 14.6 Å². The lowest BCUT2D eigenvalue weighted by Gasteiger charge is -2.27. The average Bonchev–Trinajstić information content (AvgIpc) is 3.17. The van der Waals surface area contributed by atoms with Crippen LogP contribution in [-0.2, 0) is 4.79 Å². The molecule has 0 aliphatic carbocycles. The van der Waals surface area contributed by atoms with Crippen LogP contribution < -0.4 is 4.90 Å². The Bertz CT molecular complexity index is 675. The van der Waals surface area contributed by atoms with Gasteiger partial charge in [0.2, 0.25) is 5.91 Å². The first-order valence-corrected chi connectivity index (χ1v) is 7.87. The molecular formula is C15H14FN3OS. The third-order valence-corrected chi connectivity index (χ3v) is 4.92. The van der Waals surface area contributed by atoms with Gasteiger partial charge in [-0.1, -0.05) is 12.1 Å². The molecule has 2 unspecified atom stereocenters. The number of carbonyl (C=O) groups is 1. The van der Waals surface area contributed by atoms with Crippen LogP contribution in [0.2, 0.25) is 0 Å². The molecule has 2 aliphatic rings. The highest BCUT2D eigenvalue weighted by Gasteiger charge is 2.50. The van der Waals surface area contributed by atoms with E-state index in [2.05, 4.69) is 9.88 Å². The SMILES string of the molecule is O=C1C2CCCN2C(c2cccc(F)c2)N1c1nccs1. The number of thiazole rings is 1. The quantitative estimate of drug-likeness (QED) is 0.856. The van der Waals surface area contributed by atoms with Crippen molar-refractivity contribution < 1.29 is 9.18 Å². The summed E-state index contributed by atoms with van der Waals surface area (Å²) in [7, 11) is 0. The Balaban J connectivity index is 1.82. The minimum absolute atomic E-state index is 0.0803. The van der Waals surface area contributed by atoms with Gasteiger partial charge in [-0.2, -0.15) is 0 Å². The smallest absolute Gasteiger partial charge is 0.247 e. The average molecular weight is 303 g/mol. The Morgan fingerprint density at radius 2 is 2.29 bits per heavy atom. The fourth-order valence-electron chi connectivity index (χ4n) is 3.32. The molecule has 2 fully saturated rings. The molecule has 2 saturated heterocycles. The van der Waals surface area contributed by atoms with Gasteiger partial charge >= 0.3 is 0 Å². The summed E-state index contributed by atoms with van der Waals surface area (Å²) >= 11 is 1.44. The Kier molecular flexibility index (Phi) is 3.01. The summed E-state index contributed by atoms with van der Waals surface area (Å²) in [6.07, 6.45) is 3.33. The van der Waals surface area contributed by atoms with Crippen LogP contribution in [0.4, 0.5) is 9.52 Å². The first kappa shape index (κ1) is 12.9. The van der Waals surface area contributed by atoms with Gasteiger partial charge in [0, 0.05) is 18.1 Å². The lowest BCUT2D eigenvalue weighted by molar-refractivity contribution is -0.119. The van der Waals surface area contributed by atoms with Crippen LogP contribution in [0.5, 0.6) is 0 Å². The summed E-state index contributed by atoms with van der Waals surface area (Å²) in [5.74, 6) is -0.196. The van der Waals surface area contributed by atoms with Crippen LogP contribution in [-0.4, -0.2) is 28.4 Å². The van der Waals surface area contributed by atoms with Crippen molar-refractivity contribution in [3.63, 3.8) is 0 Å². The molecule has 0 N–H and O–H groups in total. The fourth-order valence-corrected chi connectivity index (χ4v) is 3.99. The maximum absolute atomic E-state index is 13.6. The van der Waals surface area contributed by atoms with Crippen molar-refractivity contribution in [2.75, 3.05) is 11.4 Å². The summed E-state index contributed by atoms with van der Waals surface area (Å²) in [6.45, 7) is 0.861. The molecule has 3 heterocycles. The molecule has 21 heavy (non-hydrogen) atoms. The molecule has 1 amide bonds. The molecule has 0 bridgehead atoms. The number of anilines is 1. The van der Waals surface area contributed by atoms with E-state index < -0.39 is 0 Å². The van der Waals surface area contributed by atoms with Crippen LogP contribution in [0.1, 0.15) is 24.6 Å². The fraction of sp³-hybridized carbons (Fsp3) is 0.333. The normalized spacial score (nSPS) is 25.6. The molecule has 2 atom stereocenters. The van der Waals surface area contributed by atoms with Gasteiger partial charge in [-0.15, -0.1) is 11.3 Å². The minimum atomic E-state index is -0.276. The number of nitrogens with zero attached hydrogens (tertiary/aromatic N) is 3. The van der Waals surface area contributed by atoms with E-state index in [1.807, 2.05) is 11.4 Å². The van der Waals surface area contributed by atoms with E-state index in [0.29, 0.717) is 5.13 Å². The maximum atomic E-state index is 13.6. The van der Waals surface area contributed by atoms with Crippen molar-refractivity contribution in [2.24, 2.45) is 0 Å². The summed E-state index contributed by atoms with van der Waals surface area (Å²) in [5.41, 5.74) is 0.808. The number of hydrogen-bond acceptors (Lipinski definition) is 4. The monoisotopic (exact) mass is 303 g/mol. The number of rotatable bonds is 2. The Labute approximate surface area is 125 Å². The molecule has 6 heteroatoms. The predicted octanol–water partition coefficient (Wildman–Crippen LogP) is 2.79. The van der Waals surface area contributed by atoms with Crippen molar-refractivity contribution in [2.45, 2.75) is 25.0 Å². The molecule has 2 aromatic rings. The van der Waals surface area contributed by atoms with Gasteiger partial charge in [0.1, 0.15) is 12.0 Å². The lowest BCUT2D eigenvalue weighted by Crippen LogP contribution is -2.32. The van der Waals surface area contributed by atoms with E-state index in [9.17, 15) is 9.18 Å². The first-order valence-electron chi connectivity index (χ1n) is 6.99. The van der Waals surface area contributed by atoms with Gasteiger partial charge in [0.15, 0.2) is 5.13 Å². The van der Waals surface area contributed by atoms with Gasteiger partial charge in [0.05, 0.1) is 6.04 Å². The van der Waals surface area contributed by atoms with Crippen molar-refractivity contribution in [1.82, 2.24) is 9.88 Å². The van der Waals surface area contributed by atoms with Crippen molar-refractivity contribution in [3.05, 3.63) is 47.2 Å². The first-order chi connectivity index (χ1) is 10.3. The predicted molar refractivity (Wildman–Crippen MR) is 78.5 cm³/mol. The number of carbonyl (C=O) groups excluding carboxylic acids is 1. The number of benzene rings is 1. The Hall–Kier alpha value is -1.79. The summed E-state index contributed by atoms with van der Waals surface area (Å²) in [5, 5.41) is 2.54. The van der Waals surface area contributed by atoms with Gasteiger partial charge in [0.25, 0.3) is 0 Å². The van der Waals surface area contributed by atoms with Crippen LogP contribution in [0, 0.1) is 5.82 Å². The van der Waals surface area contributed by atoms with Crippen molar-refractivity contribution in [1.29, 1.82) is 0 Å². The number of amides is 1. The second-order valence-electron chi connectivity index (χ2n) is 5.35. The summed E-state index contributed by atoms with van der Waals surface area (Å²) in [6, 6.07) is 6.41. The molecular weight excluding hydrogens is 289 g/mol. The van der Waals surface area contributed by atoms with E-state index in [0.717, 1.165) is 24.9 Å². The highest BCUT2D eigenvalue weighted by Crippen LogP contribution is 2.42. The highest BCUT2D eigenvalue weighted by molar-refractivity contribution is 7.13. The van der Waals surface area contributed by atoms with Gasteiger partial charge < -0.3 is 0 Å². The Morgan fingerprint density at radius 1 is 1.38 bits per heavy atom. The molecule has 0 spiro atoms. The zero-order valence-electron chi connectivity index (χ0n) is 11.3. The standard InChI is InChI=1S/C15H14FN3OS/c16-11-4-1-3-10(9-11)13-18-7-2-5-12(18)14(20)19(13)15-17-6-8-21-15/h1,3-4,6,8-9,12-13H,2,5,7H2. The zero-order chi connectivity index (χ0) is 14.4. The van der Waals surface area contributed by atoms with E-state index in [4.69, 9.17) is 0 Å². The number of halogens is 1. The Morgan fingerprint density at radius 3 is 3.05 bits per heavy atom. The number of fused-ring (bicyclic) bond motifs is 1. The van der Waals surface area contributed by atoms with Gasteiger partial charge in [-0.05, 0) is 30.5 Å². The van der Waals surface area contributed by atoms with Crippen LogP contribution in [0.15, 0.2) is 35.8 Å². The van der Waals surface area contributed by atoms with Crippen molar-refractivity contribution >= 4 is 22.4 Å². The molecule has 4 rings (SSSR count). The lowest BCUT2D eigenvalue weighted by atomic mass is 10.1. The van der Waals surface area contributed by atoms with Crippen LogP contribution in [0.25, 0.3) is 0 Å². The third kappa shape index (κ3) is 1.98. The molecule has 0 saturated carbocycles. The topological polar surface area (TPSA) is 36.4 Å². The molecule has 1 aromatic carbocycles. The third-order valence-electron chi connectivity index (χ3n) is 4.15. The zero-order valence-corrected chi connectivity index (χ0v) is 12.1. The molecule has 4 nitrogen and oxygen atoms in total. The van der Waals surface area contributed by atoms with Crippen molar-refractivity contribution in [3.8, 4) is 0 Å². The van der Waals surface area contributed by atoms with Gasteiger partial charge in [-0.25, -0.2) is 9.37 Å². The number of aromatic nitrogens is 1. The van der Waals surface area contributed by atoms with Crippen LogP contribution in [0.3, 0.4) is 0 Å².